The van der Waals surface area contributed by atoms with Crippen molar-refractivity contribution in [2.45, 2.75) is 19.4 Å². The third-order valence-electron chi connectivity index (χ3n) is 4.43. The van der Waals surface area contributed by atoms with Gasteiger partial charge in [0.05, 0.1) is 0 Å². The van der Waals surface area contributed by atoms with E-state index in [1.54, 1.807) is 0 Å². The topological polar surface area (TPSA) is 35.7 Å². The van der Waals surface area contributed by atoms with Crippen LogP contribution in [-0.2, 0) is 0 Å². The average Bonchev–Trinajstić information content (AvgIpc) is 2.33. The van der Waals surface area contributed by atoms with Gasteiger partial charge in [0, 0.05) is 51.9 Å². The van der Waals surface area contributed by atoms with Gasteiger partial charge >= 0.3 is 0 Å². The molecule has 17 heavy (non-hydrogen) atoms. The van der Waals surface area contributed by atoms with Crippen LogP contribution >= 0.6 is 0 Å². The average molecular weight is 240 g/mol. The van der Waals surface area contributed by atoms with E-state index >= 15 is 0 Å². The van der Waals surface area contributed by atoms with E-state index in [0.29, 0.717) is 12.0 Å². The molecule has 100 valence electrons. The molecule has 0 amide bonds. The summed E-state index contributed by atoms with van der Waals surface area (Å²) in [5.74, 6) is 0.704. The minimum Gasteiger partial charge on any atom is -0.326 e. The fourth-order valence-electron chi connectivity index (χ4n) is 2.73. The molecule has 2 aliphatic heterocycles. The Balaban J connectivity index is 1.65. The summed E-state index contributed by atoms with van der Waals surface area (Å²) in [5, 5.41) is 0. The maximum absolute atomic E-state index is 6.13. The van der Waals surface area contributed by atoms with Gasteiger partial charge in [0.2, 0.25) is 0 Å². The summed E-state index contributed by atoms with van der Waals surface area (Å²) < 4.78 is 0. The van der Waals surface area contributed by atoms with Crippen LogP contribution in [0.5, 0.6) is 0 Å². The van der Waals surface area contributed by atoms with Crippen molar-refractivity contribution in [1.29, 1.82) is 0 Å². The molecule has 0 radical (unpaired) electrons. The molecular weight excluding hydrogens is 212 g/mol. The number of likely N-dealkylation sites (tertiary alicyclic amines) is 1. The molecule has 0 bridgehead atoms. The molecule has 2 fully saturated rings. The Hall–Kier alpha value is -0.160. The number of piperazine rings is 1. The highest BCUT2D eigenvalue weighted by atomic mass is 15.3. The zero-order valence-electron chi connectivity index (χ0n) is 11.4. The first-order valence-corrected chi connectivity index (χ1v) is 7.04. The Morgan fingerprint density at radius 1 is 1.00 bits per heavy atom. The summed E-state index contributed by atoms with van der Waals surface area (Å²) in [6.07, 6.45) is 1.27. The van der Waals surface area contributed by atoms with Crippen molar-refractivity contribution in [2.75, 3.05) is 59.4 Å². The molecule has 2 unspecified atom stereocenters. The molecule has 0 spiro atoms. The fourth-order valence-corrected chi connectivity index (χ4v) is 2.73. The summed E-state index contributed by atoms with van der Waals surface area (Å²) in [4.78, 5) is 7.54. The van der Waals surface area contributed by atoms with Crippen molar-refractivity contribution in [3.8, 4) is 0 Å². The number of likely N-dealkylation sites (N-methyl/N-ethyl adjacent to an activating group) is 1. The smallest absolute Gasteiger partial charge is 0.0194 e. The van der Waals surface area contributed by atoms with Gasteiger partial charge in [0.15, 0.2) is 0 Å². The van der Waals surface area contributed by atoms with Crippen molar-refractivity contribution in [2.24, 2.45) is 11.7 Å². The van der Waals surface area contributed by atoms with Crippen molar-refractivity contribution in [3.05, 3.63) is 0 Å². The van der Waals surface area contributed by atoms with Crippen LogP contribution < -0.4 is 5.73 Å². The second kappa shape index (κ2) is 6.14. The lowest BCUT2D eigenvalue weighted by Crippen LogP contribution is -2.51. The zero-order valence-corrected chi connectivity index (χ0v) is 11.4. The summed E-state index contributed by atoms with van der Waals surface area (Å²) in [6.45, 7) is 11.9. The van der Waals surface area contributed by atoms with Gasteiger partial charge in [0.1, 0.15) is 0 Å². The van der Waals surface area contributed by atoms with Gasteiger partial charge in [-0.3, -0.25) is 4.90 Å². The molecule has 4 heteroatoms. The molecule has 0 aliphatic carbocycles. The van der Waals surface area contributed by atoms with Crippen LogP contribution in [0, 0.1) is 5.92 Å². The molecule has 2 heterocycles. The number of hydrogen-bond acceptors (Lipinski definition) is 4. The first kappa shape index (κ1) is 13.3. The van der Waals surface area contributed by atoms with Crippen LogP contribution in [-0.4, -0.2) is 80.1 Å². The summed E-state index contributed by atoms with van der Waals surface area (Å²) in [6, 6.07) is 0.385. The lowest BCUT2D eigenvalue weighted by atomic mass is 9.94. The van der Waals surface area contributed by atoms with Gasteiger partial charge in [-0.1, -0.05) is 6.92 Å². The molecular formula is C13H28N4. The Bertz CT molecular complexity index is 225. The molecule has 0 aromatic rings. The molecule has 2 atom stereocenters. The second-order valence-electron chi connectivity index (χ2n) is 5.88. The summed E-state index contributed by atoms with van der Waals surface area (Å²) in [5.41, 5.74) is 6.13. The standard InChI is InChI=1S/C13H28N4/c1-12-3-4-17(11-13(12)14)10-9-16-7-5-15(2)6-8-16/h12-13H,3-11,14H2,1-2H3. The molecule has 0 aromatic carbocycles. The van der Waals surface area contributed by atoms with E-state index in [4.69, 9.17) is 5.73 Å². The minimum atomic E-state index is 0.385. The normalized spacial score (nSPS) is 34.1. The van der Waals surface area contributed by atoms with Crippen LogP contribution in [0.15, 0.2) is 0 Å². The monoisotopic (exact) mass is 240 g/mol. The Kier molecular flexibility index (Phi) is 4.79. The molecule has 2 aliphatic rings. The largest absolute Gasteiger partial charge is 0.326 e. The Morgan fingerprint density at radius 2 is 1.65 bits per heavy atom. The SMILES string of the molecule is CC1CCN(CCN2CCN(C)CC2)CC1N. The lowest BCUT2D eigenvalue weighted by Gasteiger charge is -2.37. The van der Waals surface area contributed by atoms with Crippen molar-refractivity contribution in [3.63, 3.8) is 0 Å². The lowest BCUT2D eigenvalue weighted by molar-refractivity contribution is 0.115. The number of nitrogens with two attached hydrogens (primary N) is 1. The van der Waals surface area contributed by atoms with E-state index in [0.717, 1.165) is 6.54 Å². The maximum Gasteiger partial charge on any atom is 0.0194 e. The van der Waals surface area contributed by atoms with Crippen molar-refractivity contribution >= 4 is 0 Å². The highest BCUT2D eigenvalue weighted by Crippen LogP contribution is 2.15. The first-order chi connectivity index (χ1) is 8.15. The molecule has 4 nitrogen and oxygen atoms in total. The maximum atomic E-state index is 6.13. The first-order valence-electron chi connectivity index (χ1n) is 7.04. The molecule has 2 rings (SSSR count). The second-order valence-corrected chi connectivity index (χ2v) is 5.88. The minimum absolute atomic E-state index is 0.385. The van der Waals surface area contributed by atoms with E-state index in [-0.39, 0.29) is 0 Å². The third-order valence-corrected chi connectivity index (χ3v) is 4.43. The third kappa shape index (κ3) is 3.91. The molecule has 0 aromatic heterocycles. The highest BCUT2D eigenvalue weighted by molar-refractivity contribution is 4.81. The fraction of sp³-hybridized carbons (Fsp3) is 1.00. The molecule has 0 saturated carbocycles. The number of rotatable bonds is 3. The van der Waals surface area contributed by atoms with Gasteiger partial charge in [-0.15, -0.1) is 0 Å². The van der Waals surface area contributed by atoms with E-state index in [1.807, 2.05) is 0 Å². The van der Waals surface area contributed by atoms with Gasteiger partial charge in [-0.2, -0.15) is 0 Å². The van der Waals surface area contributed by atoms with Crippen LogP contribution in [0.1, 0.15) is 13.3 Å². The van der Waals surface area contributed by atoms with Crippen LogP contribution in [0.4, 0.5) is 0 Å². The number of piperidine rings is 1. The van der Waals surface area contributed by atoms with Crippen LogP contribution in [0.25, 0.3) is 0 Å². The Morgan fingerprint density at radius 3 is 2.29 bits per heavy atom. The van der Waals surface area contributed by atoms with E-state index in [9.17, 15) is 0 Å². The number of nitrogens with zero attached hydrogens (tertiary/aromatic N) is 3. The van der Waals surface area contributed by atoms with E-state index in [2.05, 4.69) is 28.7 Å². The van der Waals surface area contributed by atoms with Crippen LogP contribution in [0.2, 0.25) is 0 Å². The summed E-state index contributed by atoms with van der Waals surface area (Å²) in [7, 11) is 2.21. The zero-order chi connectivity index (χ0) is 12.3. The van der Waals surface area contributed by atoms with Crippen LogP contribution in [0.3, 0.4) is 0 Å². The van der Waals surface area contributed by atoms with Gasteiger partial charge in [0.25, 0.3) is 0 Å². The Labute approximate surface area is 106 Å². The highest BCUT2D eigenvalue weighted by Gasteiger charge is 2.23. The molecule has 2 N–H and O–H groups in total. The molecule has 2 saturated heterocycles. The van der Waals surface area contributed by atoms with E-state index in [1.165, 1.54) is 52.2 Å². The van der Waals surface area contributed by atoms with E-state index < -0.39 is 0 Å². The quantitative estimate of drug-likeness (QED) is 0.747. The predicted octanol–water partition coefficient (Wildman–Crippen LogP) is -0.0971. The predicted molar refractivity (Wildman–Crippen MR) is 72.1 cm³/mol. The van der Waals surface area contributed by atoms with Gasteiger partial charge in [-0.05, 0) is 25.9 Å². The van der Waals surface area contributed by atoms with Gasteiger partial charge < -0.3 is 15.5 Å². The van der Waals surface area contributed by atoms with Crippen molar-refractivity contribution in [1.82, 2.24) is 14.7 Å². The van der Waals surface area contributed by atoms with Crippen molar-refractivity contribution < 1.29 is 0 Å². The number of hydrogen-bond donors (Lipinski definition) is 1. The van der Waals surface area contributed by atoms with Gasteiger partial charge in [-0.25, -0.2) is 0 Å². The summed E-state index contributed by atoms with van der Waals surface area (Å²) >= 11 is 0.